The Kier molecular flexibility index (Phi) is 7.76. The summed E-state index contributed by atoms with van der Waals surface area (Å²) in [4.78, 5) is 0. The van der Waals surface area contributed by atoms with Crippen LogP contribution in [0.3, 0.4) is 0 Å². The summed E-state index contributed by atoms with van der Waals surface area (Å²) in [7, 11) is 0. The van der Waals surface area contributed by atoms with Gasteiger partial charge in [0.25, 0.3) is 0 Å². The standard InChI is InChI=1S/C22H25.2ClH.Zr/c1-15(2)18-13-17-7-6-8-20(21(17)14-18)16-9-11-19(12-10-16)22(3,4)5;;;/h6-15H,1-5H3;2*1H;. The van der Waals surface area contributed by atoms with E-state index in [1.54, 1.807) is 30.3 Å². The van der Waals surface area contributed by atoms with E-state index in [9.17, 15) is 0 Å². The van der Waals surface area contributed by atoms with Gasteiger partial charge in [-0.25, -0.2) is 0 Å². The Bertz CT molecular complexity index is 753. The molecule has 3 heteroatoms. The summed E-state index contributed by atoms with van der Waals surface area (Å²) in [5, 5.41) is 0. The zero-order valence-electron chi connectivity index (χ0n) is 15.6. The second-order valence-electron chi connectivity index (χ2n) is 7.87. The van der Waals surface area contributed by atoms with Crippen LogP contribution in [-0.4, -0.2) is 0 Å². The van der Waals surface area contributed by atoms with Gasteiger partial charge >= 0.3 is 156 Å². The van der Waals surface area contributed by atoms with Crippen molar-refractivity contribution in [3.05, 3.63) is 64.7 Å². The van der Waals surface area contributed by atoms with Crippen molar-refractivity contribution in [2.75, 3.05) is 0 Å². The molecule has 0 radical (unpaired) electrons. The maximum Gasteiger partial charge on any atom is -0.147 e. The second-order valence-corrected chi connectivity index (χ2v) is 9.29. The average molecular weight is 454 g/mol. The van der Waals surface area contributed by atoms with Crippen LogP contribution in [0.1, 0.15) is 54.9 Å². The molecule has 0 aromatic heterocycles. The molecule has 0 nitrogen and oxygen atoms in total. The van der Waals surface area contributed by atoms with E-state index in [2.05, 4.69) is 83.2 Å². The molecule has 1 atom stereocenters. The fourth-order valence-corrected chi connectivity index (χ4v) is 4.97. The van der Waals surface area contributed by atoms with Gasteiger partial charge in [-0.15, -0.1) is 24.8 Å². The number of halogens is 2. The molecule has 0 spiro atoms. The largest absolute Gasteiger partial charge is 0.147 e. The SMILES string of the molecule is CC(C)C1=Cc2c(-c3ccc(C(C)(C)C)cc3)cccc2[CH]1[Zr].Cl.Cl. The topological polar surface area (TPSA) is 0 Å². The summed E-state index contributed by atoms with van der Waals surface area (Å²) in [5.41, 5.74) is 8.87. The molecule has 0 fully saturated rings. The zero-order valence-corrected chi connectivity index (χ0v) is 19.7. The van der Waals surface area contributed by atoms with Crippen LogP contribution in [0.5, 0.6) is 0 Å². The molecule has 0 heterocycles. The van der Waals surface area contributed by atoms with Gasteiger partial charge in [-0.1, -0.05) is 0 Å². The van der Waals surface area contributed by atoms with E-state index in [4.69, 9.17) is 0 Å². The van der Waals surface area contributed by atoms with Crippen LogP contribution in [0, 0.1) is 5.92 Å². The van der Waals surface area contributed by atoms with E-state index in [1.165, 1.54) is 27.8 Å². The number of benzene rings is 2. The summed E-state index contributed by atoms with van der Waals surface area (Å²) in [6, 6.07) is 15.9. The summed E-state index contributed by atoms with van der Waals surface area (Å²) < 4.78 is 0.631. The van der Waals surface area contributed by atoms with Crippen LogP contribution in [0.4, 0.5) is 0 Å². The Morgan fingerprint density at radius 1 is 0.920 bits per heavy atom. The van der Waals surface area contributed by atoms with Crippen molar-refractivity contribution in [1.82, 2.24) is 0 Å². The normalized spacial score (nSPS) is 15.9. The van der Waals surface area contributed by atoms with Gasteiger partial charge < -0.3 is 0 Å². The molecule has 3 rings (SSSR count). The maximum absolute atomic E-state index is 2.45. The first-order valence-electron chi connectivity index (χ1n) is 8.45. The monoisotopic (exact) mass is 451 g/mol. The fourth-order valence-electron chi connectivity index (χ4n) is 3.33. The summed E-state index contributed by atoms with van der Waals surface area (Å²) in [5.74, 6) is 0.628. The number of fused-ring (bicyclic) bond motifs is 1. The van der Waals surface area contributed by atoms with E-state index in [1.807, 2.05) is 0 Å². The van der Waals surface area contributed by atoms with E-state index < -0.39 is 0 Å². The Morgan fingerprint density at radius 2 is 1.52 bits per heavy atom. The Hall–Kier alpha value is -0.357. The predicted octanol–water partition coefficient (Wildman–Crippen LogP) is 7.14. The third-order valence-corrected chi connectivity index (χ3v) is 6.41. The van der Waals surface area contributed by atoms with Crippen molar-refractivity contribution in [3.8, 4) is 11.1 Å². The Morgan fingerprint density at radius 3 is 2.04 bits per heavy atom. The van der Waals surface area contributed by atoms with E-state index in [0.29, 0.717) is 9.54 Å². The zero-order chi connectivity index (χ0) is 16.8. The Balaban J connectivity index is 0.00000156. The molecule has 2 aromatic carbocycles. The van der Waals surface area contributed by atoms with Crippen LogP contribution in [-0.2, 0) is 30.1 Å². The van der Waals surface area contributed by atoms with Crippen molar-refractivity contribution < 1.29 is 24.7 Å². The molecule has 25 heavy (non-hydrogen) atoms. The smallest absolute Gasteiger partial charge is 0.147 e. The molecule has 0 saturated carbocycles. The number of hydrogen-bond acceptors (Lipinski definition) is 0. The molecule has 0 saturated heterocycles. The van der Waals surface area contributed by atoms with Crippen LogP contribution < -0.4 is 0 Å². The first-order valence-corrected chi connectivity index (χ1v) is 9.87. The van der Waals surface area contributed by atoms with Crippen LogP contribution >= 0.6 is 24.8 Å². The van der Waals surface area contributed by atoms with Crippen molar-refractivity contribution in [2.45, 2.75) is 43.7 Å². The van der Waals surface area contributed by atoms with Gasteiger partial charge in [-0.2, -0.15) is 0 Å². The van der Waals surface area contributed by atoms with Gasteiger partial charge in [0.15, 0.2) is 0 Å². The average Bonchev–Trinajstić information content (AvgIpc) is 2.84. The van der Waals surface area contributed by atoms with Gasteiger partial charge in [-0.3, -0.25) is 0 Å². The predicted molar refractivity (Wildman–Crippen MR) is 111 cm³/mol. The first kappa shape index (κ1) is 22.7. The van der Waals surface area contributed by atoms with Crippen molar-refractivity contribution in [2.24, 2.45) is 5.92 Å². The fraction of sp³-hybridized carbons (Fsp3) is 0.364. The van der Waals surface area contributed by atoms with Crippen LogP contribution in [0.25, 0.3) is 17.2 Å². The van der Waals surface area contributed by atoms with Crippen molar-refractivity contribution in [1.29, 1.82) is 0 Å². The molecule has 133 valence electrons. The third-order valence-electron chi connectivity index (χ3n) is 4.82. The number of rotatable bonds is 2. The van der Waals surface area contributed by atoms with Gasteiger partial charge in [0.05, 0.1) is 0 Å². The van der Waals surface area contributed by atoms with Gasteiger partial charge in [0, 0.05) is 0 Å². The van der Waals surface area contributed by atoms with Gasteiger partial charge in [-0.05, 0) is 0 Å². The molecule has 1 aliphatic rings. The van der Waals surface area contributed by atoms with E-state index in [0.717, 1.165) is 0 Å². The summed E-state index contributed by atoms with van der Waals surface area (Å²) in [6.45, 7) is 11.4. The molecule has 1 aliphatic carbocycles. The van der Waals surface area contributed by atoms with E-state index >= 15 is 0 Å². The van der Waals surface area contributed by atoms with Gasteiger partial charge in [0.2, 0.25) is 0 Å². The second kappa shape index (κ2) is 8.55. The molecule has 0 N–H and O–H groups in total. The first-order chi connectivity index (χ1) is 10.8. The third kappa shape index (κ3) is 4.49. The minimum absolute atomic E-state index is 0. The molecule has 0 bridgehead atoms. The van der Waals surface area contributed by atoms with Gasteiger partial charge in [0.1, 0.15) is 0 Å². The molecule has 2 aromatic rings. The molecule has 0 aliphatic heterocycles. The van der Waals surface area contributed by atoms with Crippen LogP contribution in [0.2, 0.25) is 0 Å². The Labute approximate surface area is 180 Å². The van der Waals surface area contributed by atoms with Crippen molar-refractivity contribution in [3.63, 3.8) is 0 Å². The molecular formula is C22H27Cl2Zr. The molecule has 0 amide bonds. The number of allylic oxidation sites excluding steroid dienone is 1. The summed E-state index contributed by atoms with van der Waals surface area (Å²) >= 11 is 1.60. The van der Waals surface area contributed by atoms with E-state index in [-0.39, 0.29) is 30.2 Å². The molecular weight excluding hydrogens is 426 g/mol. The number of hydrogen-bond donors (Lipinski definition) is 0. The minimum Gasteiger partial charge on any atom is -0.147 e. The minimum atomic E-state index is 0. The summed E-state index contributed by atoms with van der Waals surface area (Å²) in [6.07, 6.45) is 2.45. The van der Waals surface area contributed by atoms with Crippen molar-refractivity contribution >= 4 is 30.9 Å². The molecule has 1 unspecified atom stereocenters. The maximum atomic E-state index is 2.45. The quantitative estimate of drug-likeness (QED) is 0.453. The van der Waals surface area contributed by atoms with Crippen LogP contribution in [0.15, 0.2) is 48.0 Å².